The van der Waals surface area contributed by atoms with Gasteiger partial charge < -0.3 is 0 Å². The van der Waals surface area contributed by atoms with Crippen LogP contribution in [0, 0.1) is 0 Å². The number of anilines is 1. The van der Waals surface area contributed by atoms with E-state index in [0.717, 1.165) is 5.75 Å². The van der Waals surface area contributed by atoms with E-state index in [-0.39, 0.29) is 12.3 Å². The number of H-pyrrole nitrogens is 1. The smallest absolute Gasteiger partial charge is 0.227 e. The summed E-state index contributed by atoms with van der Waals surface area (Å²) in [4.78, 5) is 15.1. The maximum atomic E-state index is 11.1. The maximum absolute atomic E-state index is 11.1. The summed E-state index contributed by atoms with van der Waals surface area (Å²) in [6.07, 6.45) is 0.276. The van der Waals surface area contributed by atoms with Crippen molar-refractivity contribution in [2.75, 3.05) is 16.9 Å². The lowest BCUT2D eigenvalue weighted by Crippen LogP contribution is -2.12. The molecule has 0 atom stereocenters. The molecule has 0 bridgehead atoms. The van der Waals surface area contributed by atoms with Gasteiger partial charge >= 0.3 is 0 Å². The van der Waals surface area contributed by atoms with Gasteiger partial charge in [0, 0.05) is 12.3 Å². The summed E-state index contributed by atoms with van der Waals surface area (Å²) in [5.74, 6) is 1.41. The molecular weight excluding hydrogens is 224 g/mol. The Kier molecular flexibility index (Phi) is 4.75. The van der Waals surface area contributed by atoms with E-state index >= 15 is 0 Å². The van der Waals surface area contributed by atoms with Gasteiger partial charge in [0.15, 0.2) is 0 Å². The van der Waals surface area contributed by atoms with Crippen molar-refractivity contribution in [3.05, 3.63) is 0 Å². The summed E-state index contributed by atoms with van der Waals surface area (Å²) < 4.78 is 0. The van der Waals surface area contributed by atoms with Crippen LogP contribution in [-0.2, 0) is 4.79 Å². The van der Waals surface area contributed by atoms with Crippen LogP contribution >= 0.6 is 23.4 Å². The number of thioether (sulfide) groups is 1. The van der Waals surface area contributed by atoms with Crippen molar-refractivity contribution >= 4 is 35.2 Å². The first kappa shape index (κ1) is 11.3. The summed E-state index contributed by atoms with van der Waals surface area (Å²) >= 11 is 6.91. The Bertz CT molecular complexity index is 304. The van der Waals surface area contributed by atoms with Gasteiger partial charge in [-0.1, -0.05) is 18.7 Å². The van der Waals surface area contributed by atoms with E-state index < -0.39 is 0 Å². The Morgan fingerprint density at radius 2 is 2.50 bits per heavy atom. The average molecular weight is 235 g/mol. The molecule has 0 aliphatic carbocycles. The summed E-state index contributed by atoms with van der Waals surface area (Å²) in [7, 11) is 0. The molecule has 0 saturated carbocycles. The molecule has 1 heterocycles. The Morgan fingerprint density at radius 1 is 1.71 bits per heavy atom. The predicted molar refractivity (Wildman–Crippen MR) is 56.7 cm³/mol. The number of aromatic amines is 1. The first-order chi connectivity index (χ1) is 6.76. The van der Waals surface area contributed by atoms with Gasteiger partial charge in [0.25, 0.3) is 0 Å². The topological polar surface area (TPSA) is 70.7 Å². The Labute approximate surface area is 91.0 Å². The molecule has 1 amide bonds. The highest BCUT2D eigenvalue weighted by Crippen LogP contribution is 2.12. The third-order valence-electron chi connectivity index (χ3n) is 1.32. The highest BCUT2D eigenvalue weighted by atomic mass is 35.5. The van der Waals surface area contributed by atoms with E-state index in [1.54, 1.807) is 0 Å². The molecule has 1 aromatic rings. The first-order valence-electron chi connectivity index (χ1n) is 4.17. The molecule has 1 aromatic heterocycles. The molecule has 0 unspecified atom stereocenters. The van der Waals surface area contributed by atoms with E-state index in [0.29, 0.717) is 17.0 Å². The molecule has 1 rings (SSSR count). The minimum atomic E-state index is -0.163. The van der Waals surface area contributed by atoms with Crippen LogP contribution in [-0.4, -0.2) is 32.7 Å². The van der Waals surface area contributed by atoms with Gasteiger partial charge in [0.1, 0.15) is 0 Å². The molecule has 7 heteroatoms. The number of nitrogens with zero attached hydrogens (tertiary/aromatic N) is 2. The molecule has 0 saturated heterocycles. The van der Waals surface area contributed by atoms with Gasteiger partial charge in [0.2, 0.25) is 17.0 Å². The van der Waals surface area contributed by atoms with Gasteiger partial charge in [-0.05, 0) is 5.75 Å². The van der Waals surface area contributed by atoms with E-state index in [9.17, 15) is 4.79 Å². The van der Waals surface area contributed by atoms with Crippen molar-refractivity contribution < 1.29 is 4.79 Å². The number of amides is 1. The van der Waals surface area contributed by atoms with Crippen LogP contribution in [0.5, 0.6) is 0 Å². The fourth-order valence-electron chi connectivity index (χ4n) is 0.776. The summed E-state index contributed by atoms with van der Waals surface area (Å²) in [6.45, 7) is 2.01. The SMILES string of the molecule is CCSc1n[nH]c(NC(=O)CCCl)n1. The molecule has 5 nitrogen and oxygen atoms in total. The third-order valence-corrected chi connectivity index (χ3v) is 2.24. The fourth-order valence-corrected chi connectivity index (χ4v) is 1.47. The van der Waals surface area contributed by atoms with Crippen molar-refractivity contribution in [1.82, 2.24) is 15.2 Å². The minimum Gasteiger partial charge on any atom is -0.295 e. The third kappa shape index (κ3) is 3.55. The van der Waals surface area contributed by atoms with Crippen molar-refractivity contribution in [2.45, 2.75) is 18.5 Å². The Hall–Kier alpha value is -0.750. The summed E-state index contributed by atoms with van der Waals surface area (Å²) in [5, 5.41) is 9.71. The zero-order valence-corrected chi connectivity index (χ0v) is 9.28. The highest BCUT2D eigenvalue weighted by molar-refractivity contribution is 7.99. The maximum Gasteiger partial charge on any atom is 0.227 e. The number of carbonyl (C=O) groups excluding carboxylic acids is 1. The molecule has 0 aromatic carbocycles. The van der Waals surface area contributed by atoms with E-state index in [1.165, 1.54) is 11.8 Å². The minimum absolute atomic E-state index is 0.163. The zero-order valence-electron chi connectivity index (χ0n) is 7.71. The number of carbonyl (C=O) groups is 1. The van der Waals surface area contributed by atoms with E-state index in [4.69, 9.17) is 11.6 Å². The van der Waals surface area contributed by atoms with Crippen molar-refractivity contribution in [3.63, 3.8) is 0 Å². The lowest BCUT2D eigenvalue weighted by Gasteiger charge is -1.96. The number of aromatic nitrogens is 3. The fraction of sp³-hybridized carbons (Fsp3) is 0.571. The largest absolute Gasteiger partial charge is 0.295 e. The second-order valence-corrected chi connectivity index (χ2v) is 4.00. The van der Waals surface area contributed by atoms with Gasteiger partial charge in [-0.3, -0.25) is 10.1 Å². The second-order valence-electron chi connectivity index (χ2n) is 2.39. The molecular formula is C7H11ClN4OS. The quantitative estimate of drug-likeness (QED) is 0.598. The number of rotatable bonds is 5. The van der Waals surface area contributed by atoms with Crippen LogP contribution in [0.15, 0.2) is 5.16 Å². The van der Waals surface area contributed by atoms with Crippen LogP contribution in [0.4, 0.5) is 5.95 Å². The normalized spacial score (nSPS) is 10.1. The lowest BCUT2D eigenvalue weighted by molar-refractivity contribution is -0.115. The van der Waals surface area contributed by atoms with Crippen molar-refractivity contribution in [1.29, 1.82) is 0 Å². The van der Waals surface area contributed by atoms with Crippen molar-refractivity contribution in [3.8, 4) is 0 Å². The van der Waals surface area contributed by atoms with Crippen LogP contribution in [0.25, 0.3) is 0 Å². The summed E-state index contributed by atoms with van der Waals surface area (Å²) in [5.41, 5.74) is 0. The molecule has 78 valence electrons. The predicted octanol–water partition coefficient (Wildman–Crippen LogP) is 1.48. The monoisotopic (exact) mass is 234 g/mol. The van der Waals surface area contributed by atoms with Gasteiger partial charge in [-0.25, -0.2) is 5.10 Å². The number of alkyl halides is 1. The van der Waals surface area contributed by atoms with Crippen molar-refractivity contribution in [2.24, 2.45) is 0 Å². The van der Waals surface area contributed by atoms with Crippen LogP contribution in [0.2, 0.25) is 0 Å². The number of hydrogen-bond donors (Lipinski definition) is 2. The zero-order chi connectivity index (χ0) is 10.4. The van der Waals surface area contributed by atoms with E-state index in [2.05, 4.69) is 20.5 Å². The van der Waals surface area contributed by atoms with Crippen LogP contribution in [0.1, 0.15) is 13.3 Å². The number of halogens is 1. The summed E-state index contributed by atoms with van der Waals surface area (Å²) in [6, 6.07) is 0. The van der Waals surface area contributed by atoms with E-state index in [1.807, 2.05) is 6.92 Å². The molecule has 0 radical (unpaired) electrons. The first-order valence-corrected chi connectivity index (χ1v) is 5.69. The molecule has 14 heavy (non-hydrogen) atoms. The van der Waals surface area contributed by atoms with Gasteiger partial charge in [0.05, 0.1) is 0 Å². The van der Waals surface area contributed by atoms with Gasteiger partial charge in [-0.2, -0.15) is 4.98 Å². The van der Waals surface area contributed by atoms with Gasteiger partial charge in [-0.15, -0.1) is 16.7 Å². The second kappa shape index (κ2) is 5.87. The lowest BCUT2D eigenvalue weighted by atomic mass is 10.4. The van der Waals surface area contributed by atoms with Crippen LogP contribution < -0.4 is 5.32 Å². The van der Waals surface area contributed by atoms with Crippen LogP contribution in [0.3, 0.4) is 0 Å². The highest BCUT2D eigenvalue weighted by Gasteiger charge is 2.05. The average Bonchev–Trinajstić information content (AvgIpc) is 2.53. The molecule has 0 spiro atoms. The number of hydrogen-bond acceptors (Lipinski definition) is 4. The number of nitrogens with one attached hydrogen (secondary N) is 2. The standard InChI is InChI=1S/C7H11ClN4OS/c1-2-14-7-10-6(11-12-7)9-5(13)3-4-8/h2-4H2,1H3,(H2,9,10,11,12,13). The molecule has 2 N–H and O–H groups in total. The Morgan fingerprint density at radius 3 is 3.14 bits per heavy atom. The Balaban J connectivity index is 2.46. The molecule has 0 fully saturated rings. The molecule has 0 aliphatic rings. The molecule has 0 aliphatic heterocycles.